The molecule has 0 aliphatic heterocycles. The monoisotopic (exact) mass is 384 g/mol. The number of aromatic nitrogens is 1. The summed E-state index contributed by atoms with van der Waals surface area (Å²) in [5.41, 5.74) is 2.48. The van der Waals surface area contributed by atoms with Crippen molar-refractivity contribution in [2.45, 2.75) is 20.0 Å². The normalized spacial score (nSPS) is 11.9. The first-order chi connectivity index (χ1) is 14.0. The number of nitrogens with zero attached hydrogens (tertiary/aromatic N) is 1. The van der Waals surface area contributed by atoms with Crippen LogP contribution in [0.4, 0.5) is 5.69 Å². The molecule has 0 aliphatic rings. The van der Waals surface area contributed by atoms with Crippen LogP contribution in [0.25, 0.3) is 21.7 Å². The van der Waals surface area contributed by atoms with Gasteiger partial charge >= 0.3 is 5.97 Å². The number of ether oxygens (including phenoxy) is 1. The molecule has 5 heteroatoms. The standard InChI is InChI=1S/C24H20N2O3/c1-15-13-21(20-9-5-6-10-22(20)25-15)24(28)29-16(2)23(27)26-19-12-11-17-7-3-4-8-18(17)14-19/h3-14,16H,1-2H3,(H,26,27)/t16-/m1/s1. The second-order valence-corrected chi connectivity index (χ2v) is 6.93. The van der Waals surface area contributed by atoms with Crippen molar-refractivity contribution in [3.8, 4) is 0 Å². The van der Waals surface area contributed by atoms with Gasteiger partial charge in [-0.15, -0.1) is 0 Å². The summed E-state index contributed by atoms with van der Waals surface area (Å²) in [7, 11) is 0. The van der Waals surface area contributed by atoms with Crippen LogP contribution in [0.5, 0.6) is 0 Å². The lowest BCUT2D eigenvalue weighted by molar-refractivity contribution is -0.123. The van der Waals surface area contributed by atoms with Gasteiger partial charge in [0.25, 0.3) is 5.91 Å². The summed E-state index contributed by atoms with van der Waals surface area (Å²) in [6.07, 6.45) is -0.943. The van der Waals surface area contributed by atoms with Crippen LogP contribution < -0.4 is 5.32 Å². The molecule has 0 fully saturated rings. The van der Waals surface area contributed by atoms with Gasteiger partial charge in [0.15, 0.2) is 6.10 Å². The van der Waals surface area contributed by atoms with Gasteiger partial charge in [-0.3, -0.25) is 9.78 Å². The molecule has 0 spiro atoms. The number of pyridine rings is 1. The third-order valence-corrected chi connectivity index (χ3v) is 4.73. The molecular weight excluding hydrogens is 364 g/mol. The van der Waals surface area contributed by atoms with E-state index in [2.05, 4.69) is 10.3 Å². The Kier molecular flexibility index (Phi) is 4.96. The SMILES string of the molecule is Cc1cc(C(=O)O[C@H](C)C(=O)Nc2ccc3ccccc3c2)c2ccccc2n1. The first-order valence-corrected chi connectivity index (χ1v) is 9.38. The lowest BCUT2D eigenvalue weighted by Gasteiger charge is -2.15. The Balaban J connectivity index is 1.50. The Bertz CT molecular complexity index is 1230. The molecule has 4 rings (SSSR count). The maximum atomic E-state index is 12.7. The molecule has 144 valence electrons. The number of aryl methyl sites for hydroxylation is 1. The fourth-order valence-corrected chi connectivity index (χ4v) is 3.27. The number of benzene rings is 3. The van der Waals surface area contributed by atoms with E-state index in [-0.39, 0.29) is 5.91 Å². The molecule has 0 unspecified atom stereocenters. The third kappa shape index (κ3) is 3.94. The predicted molar refractivity (Wildman–Crippen MR) is 114 cm³/mol. The van der Waals surface area contributed by atoms with Gasteiger partial charge in [0.1, 0.15) is 0 Å². The Labute approximate surface area is 168 Å². The number of carbonyl (C=O) groups excluding carboxylic acids is 2. The van der Waals surface area contributed by atoms with Crippen LogP contribution in [0.1, 0.15) is 23.0 Å². The number of rotatable bonds is 4. The van der Waals surface area contributed by atoms with Crippen molar-refractivity contribution in [2.24, 2.45) is 0 Å². The highest BCUT2D eigenvalue weighted by atomic mass is 16.5. The molecule has 1 amide bonds. The van der Waals surface area contributed by atoms with Gasteiger partial charge in [0.05, 0.1) is 11.1 Å². The molecule has 1 atom stereocenters. The van der Waals surface area contributed by atoms with Crippen molar-refractivity contribution >= 4 is 39.2 Å². The quantitative estimate of drug-likeness (QED) is 0.509. The predicted octanol–water partition coefficient (Wildman–Crippen LogP) is 4.88. The van der Waals surface area contributed by atoms with Gasteiger partial charge in [-0.1, -0.05) is 48.5 Å². The smallest absolute Gasteiger partial charge is 0.339 e. The van der Waals surface area contributed by atoms with E-state index in [0.717, 1.165) is 10.8 Å². The van der Waals surface area contributed by atoms with Crippen LogP contribution in [-0.4, -0.2) is 23.0 Å². The van der Waals surface area contributed by atoms with E-state index in [1.54, 1.807) is 13.0 Å². The topological polar surface area (TPSA) is 68.3 Å². The van der Waals surface area contributed by atoms with Crippen LogP contribution in [0, 0.1) is 6.92 Å². The molecule has 4 aromatic rings. The molecule has 1 N–H and O–H groups in total. The van der Waals surface area contributed by atoms with E-state index < -0.39 is 12.1 Å². The lowest BCUT2D eigenvalue weighted by atomic mass is 10.1. The second kappa shape index (κ2) is 7.72. The first-order valence-electron chi connectivity index (χ1n) is 9.38. The summed E-state index contributed by atoms with van der Waals surface area (Å²) in [5.74, 6) is -0.934. The molecule has 0 radical (unpaired) electrons. The highest BCUT2D eigenvalue weighted by molar-refractivity contribution is 6.05. The number of anilines is 1. The van der Waals surface area contributed by atoms with Crippen molar-refractivity contribution in [1.29, 1.82) is 0 Å². The van der Waals surface area contributed by atoms with Crippen molar-refractivity contribution in [1.82, 2.24) is 4.98 Å². The van der Waals surface area contributed by atoms with E-state index in [1.165, 1.54) is 0 Å². The van der Waals surface area contributed by atoms with Crippen LogP contribution in [0.2, 0.25) is 0 Å². The van der Waals surface area contributed by atoms with Crippen molar-refractivity contribution in [3.05, 3.63) is 84.1 Å². The van der Waals surface area contributed by atoms with Gasteiger partial charge in [0, 0.05) is 16.8 Å². The van der Waals surface area contributed by atoms with Gasteiger partial charge < -0.3 is 10.1 Å². The Morgan fingerprint density at radius 3 is 2.48 bits per heavy atom. The summed E-state index contributed by atoms with van der Waals surface area (Å²) >= 11 is 0. The molecule has 0 saturated heterocycles. The van der Waals surface area contributed by atoms with E-state index in [0.29, 0.717) is 27.8 Å². The largest absolute Gasteiger partial charge is 0.449 e. The minimum atomic E-state index is -0.943. The zero-order valence-corrected chi connectivity index (χ0v) is 16.2. The van der Waals surface area contributed by atoms with Crippen LogP contribution >= 0.6 is 0 Å². The Morgan fingerprint density at radius 1 is 0.931 bits per heavy atom. The molecule has 0 saturated carbocycles. The number of hydrogen-bond acceptors (Lipinski definition) is 4. The Morgan fingerprint density at radius 2 is 1.66 bits per heavy atom. The van der Waals surface area contributed by atoms with Crippen LogP contribution in [0.15, 0.2) is 72.8 Å². The summed E-state index contributed by atoms with van der Waals surface area (Å²) in [6.45, 7) is 3.38. The van der Waals surface area contributed by atoms with Gasteiger partial charge in [-0.25, -0.2) is 4.79 Å². The fourth-order valence-electron chi connectivity index (χ4n) is 3.27. The van der Waals surface area contributed by atoms with Crippen molar-refractivity contribution in [3.63, 3.8) is 0 Å². The number of esters is 1. The number of hydrogen-bond donors (Lipinski definition) is 1. The lowest BCUT2D eigenvalue weighted by Crippen LogP contribution is -2.30. The van der Waals surface area contributed by atoms with Crippen molar-refractivity contribution < 1.29 is 14.3 Å². The summed E-state index contributed by atoms with van der Waals surface area (Å²) in [5, 5.41) is 5.62. The van der Waals surface area contributed by atoms with Gasteiger partial charge in [-0.2, -0.15) is 0 Å². The van der Waals surface area contributed by atoms with Crippen LogP contribution in [0.3, 0.4) is 0 Å². The van der Waals surface area contributed by atoms with Gasteiger partial charge in [-0.05, 0) is 48.9 Å². The summed E-state index contributed by atoms with van der Waals surface area (Å²) < 4.78 is 5.44. The fraction of sp³-hybridized carbons (Fsp3) is 0.125. The van der Waals surface area contributed by atoms with Crippen LogP contribution in [-0.2, 0) is 9.53 Å². The molecule has 5 nitrogen and oxygen atoms in total. The summed E-state index contributed by atoms with van der Waals surface area (Å²) in [6, 6.07) is 22.6. The zero-order valence-electron chi connectivity index (χ0n) is 16.2. The van der Waals surface area contributed by atoms with E-state index in [9.17, 15) is 9.59 Å². The molecule has 0 aliphatic carbocycles. The number of fused-ring (bicyclic) bond motifs is 2. The average molecular weight is 384 g/mol. The summed E-state index contributed by atoms with van der Waals surface area (Å²) in [4.78, 5) is 29.7. The number of nitrogens with one attached hydrogen (secondary N) is 1. The number of para-hydroxylation sites is 1. The molecule has 1 heterocycles. The first kappa shape index (κ1) is 18.6. The maximum absolute atomic E-state index is 12.7. The molecular formula is C24H20N2O3. The van der Waals surface area contributed by atoms with E-state index in [4.69, 9.17) is 4.74 Å². The highest BCUT2D eigenvalue weighted by Crippen LogP contribution is 2.21. The third-order valence-electron chi connectivity index (χ3n) is 4.73. The zero-order chi connectivity index (χ0) is 20.4. The van der Waals surface area contributed by atoms with E-state index >= 15 is 0 Å². The van der Waals surface area contributed by atoms with Crippen molar-refractivity contribution in [2.75, 3.05) is 5.32 Å². The average Bonchev–Trinajstić information content (AvgIpc) is 2.72. The Hall–Kier alpha value is -3.73. The molecule has 3 aromatic carbocycles. The number of amides is 1. The molecule has 29 heavy (non-hydrogen) atoms. The van der Waals surface area contributed by atoms with Gasteiger partial charge in [0.2, 0.25) is 0 Å². The minimum Gasteiger partial charge on any atom is -0.449 e. The minimum absolute atomic E-state index is 0.385. The van der Waals surface area contributed by atoms with E-state index in [1.807, 2.05) is 73.7 Å². The second-order valence-electron chi connectivity index (χ2n) is 6.93. The maximum Gasteiger partial charge on any atom is 0.339 e. The molecule has 1 aromatic heterocycles. The molecule has 0 bridgehead atoms. The number of carbonyl (C=O) groups is 2. The highest BCUT2D eigenvalue weighted by Gasteiger charge is 2.21.